The molecule has 0 aliphatic heterocycles. The Hall–Kier alpha value is -1.17. The highest BCUT2D eigenvalue weighted by Crippen LogP contribution is 1.91. The van der Waals surface area contributed by atoms with Gasteiger partial charge in [-0.15, -0.1) is 0 Å². The van der Waals surface area contributed by atoms with Crippen LogP contribution in [-0.2, 0) is 0 Å². The largest absolute Gasteiger partial charge is 0.488 e. The third-order valence-corrected chi connectivity index (χ3v) is 1.34. The first kappa shape index (κ1) is 13.8. The molecule has 1 aromatic rings. The molecule has 0 fully saturated rings. The van der Waals surface area contributed by atoms with Crippen molar-refractivity contribution in [3.05, 3.63) is 29.8 Å². The van der Waals surface area contributed by atoms with Crippen LogP contribution in [0.15, 0.2) is 24.3 Å². The lowest BCUT2D eigenvalue weighted by Crippen LogP contribution is -2.29. The second kappa shape index (κ2) is 7.17. The Morgan fingerprint density at radius 1 is 1.27 bits per heavy atom. The molecule has 0 heterocycles. The van der Waals surface area contributed by atoms with Crippen molar-refractivity contribution in [1.82, 2.24) is 4.90 Å². The van der Waals surface area contributed by atoms with E-state index in [4.69, 9.17) is 10.0 Å². The summed E-state index contributed by atoms with van der Waals surface area (Å²) < 4.78 is 0. The molecule has 0 aromatic heterocycles. The summed E-state index contributed by atoms with van der Waals surface area (Å²) in [6.07, 6.45) is 0.659. The van der Waals surface area contributed by atoms with Crippen molar-refractivity contribution in [3.63, 3.8) is 0 Å². The van der Waals surface area contributed by atoms with Crippen LogP contribution in [-0.4, -0.2) is 49.5 Å². The molecule has 0 aliphatic carbocycles. The summed E-state index contributed by atoms with van der Waals surface area (Å²) in [5.74, 6) is 0. The van der Waals surface area contributed by atoms with Crippen molar-refractivity contribution < 1.29 is 14.8 Å². The van der Waals surface area contributed by atoms with Crippen molar-refractivity contribution in [2.45, 2.75) is 0 Å². The average Bonchev–Trinajstić information content (AvgIpc) is 2.17. The van der Waals surface area contributed by atoms with E-state index in [-0.39, 0.29) is 0 Å². The van der Waals surface area contributed by atoms with Gasteiger partial charge in [0.15, 0.2) is 0 Å². The second-order valence-electron chi connectivity index (χ2n) is 3.50. The molecule has 15 heavy (non-hydrogen) atoms. The summed E-state index contributed by atoms with van der Waals surface area (Å²) in [4.78, 5) is 12.2. The summed E-state index contributed by atoms with van der Waals surface area (Å²) in [5, 5.41) is 17.4. The number of carbonyl (C=O) groups is 1. The molecule has 1 aromatic carbocycles. The molecule has 1 rings (SSSR count). The van der Waals surface area contributed by atoms with Crippen molar-refractivity contribution >= 4 is 18.9 Å². The first-order chi connectivity index (χ1) is 6.97. The minimum atomic E-state index is -1.50. The van der Waals surface area contributed by atoms with E-state index in [9.17, 15) is 4.79 Å². The SMILES string of the molecule is CN(C)C.O=Cc1cccc(B(O)O)c1. The van der Waals surface area contributed by atoms with Crippen LogP contribution in [0.25, 0.3) is 0 Å². The van der Waals surface area contributed by atoms with Crippen molar-refractivity contribution in [2.24, 2.45) is 0 Å². The van der Waals surface area contributed by atoms with E-state index in [1.165, 1.54) is 12.1 Å². The predicted molar refractivity (Wildman–Crippen MR) is 61.3 cm³/mol. The lowest BCUT2D eigenvalue weighted by atomic mass is 9.80. The first-order valence-corrected chi connectivity index (χ1v) is 4.49. The second-order valence-corrected chi connectivity index (χ2v) is 3.50. The molecule has 5 heteroatoms. The fourth-order valence-electron chi connectivity index (χ4n) is 0.793. The maximum Gasteiger partial charge on any atom is 0.488 e. The average molecular weight is 209 g/mol. The fourth-order valence-corrected chi connectivity index (χ4v) is 0.793. The molecule has 2 N–H and O–H groups in total. The van der Waals surface area contributed by atoms with E-state index in [0.29, 0.717) is 17.3 Å². The zero-order valence-electron chi connectivity index (χ0n) is 9.21. The lowest BCUT2D eigenvalue weighted by Gasteiger charge is -1.97. The molecule has 0 saturated carbocycles. The summed E-state index contributed by atoms with van der Waals surface area (Å²) >= 11 is 0. The van der Waals surface area contributed by atoms with Crippen LogP contribution >= 0.6 is 0 Å². The van der Waals surface area contributed by atoms with Gasteiger partial charge in [0.1, 0.15) is 6.29 Å². The molecule has 0 amide bonds. The lowest BCUT2D eigenvalue weighted by molar-refractivity contribution is 0.112. The predicted octanol–water partition coefficient (Wildman–Crippen LogP) is -0.643. The number of hydrogen-bond donors (Lipinski definition) is 2. The molecule has 0 atom stereocenters. The quantitative estimate of drug-likeness (QED) is 0.502. The Morgan fingerprint density at radius 2 is 1.80 bits per heavy atom. The monoisotopic (exact) mass is 209 g/mol. The van der Waals surface area contributed by atoms with Gasteiger partial charge in [0, 0.05) is 5.56 Å². The molecular weight excluding hydrogens is 193 g/mol. The highest BCUT2D eigenvalue weighted by Gasteiger charge is 2.09. The van der Waals surface area contributed by atoms with E-state index >= 15 is 0 Å². The van der Waals surface area contributed by atoms with Crippen LogP contribution in [0.5, 0.6) is 0 Å². The van der Waals surface area contributed by atoms with Crippen molar-refractivity contribution in [2.75, 3.05) is 21.1 Å². The Kier molecular flexibility index (Phi) is 6.61. The highest BCUT2D eigenvalue weighted by atomic mass is 16.4. The van der Waals surface area contributed by atoms with Crippen molar-refractivity contribution in [3.8, 4) is 0 Å². The Labute approximate surface area is 90.3 Å². The summed E-state index contributed by atoms with van der Waals surface area (Å²) in [5.41, 5.74) is 0.769. The van der Waals surface area contributed by atoms with Gasteiger partial charge in [-0.1, -0.05) is 24.3 Å². The van der Waals surface area contributed by atoms with Crippen LogP contribution < -0.4 is 5.46 Å². The smallest absolute Gasteiger partial charge is 0.423 e. The molecular formula is C10H16BNO3. The number of benzene rings is 1. The van der Waals surface area contributed by atoms with Crippen LogP contribution in [0.2, 0.25) is 0 Å². The van der Waals surface area contributed by atoms with Crippen LogP contribution in [0, 0.1) is 0 Å². The van der Waals surface area contributed by atoms with E-state index in [1.54, 1.807) is 12.1 Å². The van der Waals surface area contributed by atoms with Gasteiger partial charge in [-0.3, -0.25) is 4.79 Å². The van der Waals surface area contributed by atoms with E-state index in [1.807, 2.05) is 26.0 Å². The number of hydrogen-bond acceptors (Lipinski definition) is 4. The van der Waals surface area contributed by atoms with Gasteiger partial charge in [-0.2, -0.15) is 0 Å². The van der Waals surface area contributed by atoms with Gasteiger partial charge in [0.05, 0.1) is 0 Å². The number of carbonyl (C=O) groups excluding carboxylic acids is 1. The number of aldehydes is 1. The minimum Gasteiger partial charge on any atom is -0.423 e. The van der Waals surface area contributed by atoms with E-state index in [2.05, 4.69) is 0 Å². The standard InChI is InChI=1S/C7H7BO3.C3H9N/c9-5-6-2-1-3-7(4-6)8(10)11;1-4(2)3/h1-5,10-11H;1-3H3. The van der Waals surface area contributed by atoms with Gasteiger partial charge in [-0.25, -0.2) is 0 Å². The van der Waals surface area contributed by atoms with Crippen molar-refractivity contribution in [1.29, 1.82) is 0 Å². The number of rotatable bonds is 2. The van der Waals surface area contributed by atoms with Gasteiger partial charge >= 0.3 is 7.12 Å². The van der Waals surface area contributed by atoms with E-state index < -0.39 is 7.12 Å². The number of nitrogens with zero attached hydrogens (tertiary/aromatic N) is 1. The minimum absolute atomic E-state index is 0.328. The maximum atomic E-state index is 10.2. The molecule has 4 nitrogen and oxygen atoms in total. The van der Waals surface area contributed by atoms with E-state index in [0.717, 1.165) is 0 Å². The molecule has 0 radical (unpaired) electrons. The molecule has 0 spiro atoms. The molecule has 0 unspecified atom stereocenters. The fraction of sp³-hybridized carbons (Fsp3) is 0.300. The Balaban J connectivity index is 0.000000423. The Morgan fingerprint density at radius 3 is 2.20 bits per heavy atom. The highest BCUT2D eigenvalue weighted by molar-refractivity contribution is 6.58. The van der Waals surface area contributed by atoms with Crippen LogP contribution in [0.1, 0.15) is 10.4 Å². The summed E-state index contributed by atoms with van der Waals surface area (Å²) in [7, 11) is 4.50. The van der Waals surface area contributed by atoms with Gasteiger partial charge in [0.25, 0.3) is 0 Å². The van der Waals surface area contributed by atoms with Gasteiger partial charge in [-0.05, 0) is 26.6 Å². The maximum absolute atomic E-state index is 10.2. The zero-order valence-corrected chi connectivity index (χ0v) is 9.21. The first-order valence-electron chi connectivity index (χ1n) is 4.49. The Bertz CT molecular complexity index is 300. The molecule has 0 aliphatic rings. The topological polar surface area (TPSA) is 60.8 Å². The van der Waals surface area contributed by atoms with Crippen LogP contribution in [0.4, 0.5) is 0 Å². The van der Waals surface area contributed by atoms with Gasteiger partial charge in [0.2, 0.25) is 0 Å². The molecule has 82 valence electrons. The zero-order chi connectivity index (χ0) is 11.8. The third-order valence-electron chi connectivity index (χ3n) is 1.34. The third kappa shape index (κ3) is 6.85. The summed E-state index contributed by atoms with van der Waals surface area (Å²) in [6.45, 7) is 0. The van der Waals surface area contributed by atoms with Crippen LogP contribution in [0.3, 0.4) is 0 Å². The summed E-state index contributed by atoms with van der Waals surface area (Å²) in [6, 6.07) is 6.16. The molecule has 0 saturated heterocycles. The molecule has 0 bridgehead atoms. The normalized spacial score (nSPS) is 9.20. The van der Waals surface area contributed by atoms with Gasteiger partial charge < -0.3 is 14.9 Å².